The fourth-order valence-corrected chi connectivity index (χ4v) is 1.56. The number of amides is 1. The predicted molar refractivity (Wildman–Crippen MR) is 84.7 cm³/mol. The zero-order valence-electron chi connectivity index (χ0n) is 13.7. The van der Waals surface area contributed by atoms with Crippen molar-refractivity contribution in [2.45, 2.75) is 47.0 Å². The van der Waals surface area contributed by atoms with Crippen LogP contribution in [0.25, 0.3) is 0 Å². The predicted octanol–water partition coefficient (Wildman–Crippen LogP) is 1.29. The first kappa shape index (κ1) is 17.2. The summed E-state index contributed by atoms with van der Waals surface area (Å²) in [6.45, 7) is 11.9. The molecule has 0 fully saturated rings. The van der Waals surface area contributed by atoms with Crippen LogP contribution in [0.15, 0.2) is 0 Å². The SMILES string of the molecule is Cc1c(NN)nc(C(C)(C)C)nc1NCC(C)(C)C(N)=O. The van der Waals surface area contributed by atoms with E-state index in [9.17, 15) is 4.79 Å². The van der Waals surface area contributed by atoms with E-state index in [1.54, 1.807) is 13.8 Å². The monoisotopic (exact) mass is 294 g/mol. The summed E-state index contributed by atoms with van der Waals surface area (Å²) in [5, 5.41) is 3.17. The molecule has 0 bridgehead atoms. The van der Waals surface area contributed by atoms with Crippen LogP contribution in [0.1, 0.15) is 46.0 Å². The minimum atomic E-state index is -0.671. The molecule has 0 aromatic carbocycles. The first-order chi connectivity index (χ1) is 9.49. The lowest BCUT2D eigenvalue weighted by molar-refractivity contribution is -0.125. The number of hydrogen-bond donors (Lipinski definition) is 4. The van der Waals surface area contributed by atoms with Crippen molar-refractivity contribution < 1.29 is 4.79 Å². The molecule has 0 radical (unpaired) electrons. The molecule has 1 rings (SSSR count). The Balaban J connectivity index is 3.14. The van der Waals surface area contributed by atoms with Gasteiger partial charge in [0.05, 0.1) is 5.41 Å². The largest absolute Gasteiger partial charge is 0.369 e. The number of nitrogens with two attached hydrogens (primary N) is 2. The van der Waals surface area contributed by atoms with Crippen LogP contribution in [0.3, 0.4) is 0 Å². The van der Waals surface area contributed by atoms with Gasteiger partial charge in [-0.3, -0.25) is 4.79 Å². The van der Waals surface area contributed by atoms with Gasteiger partial charge >= 0.3 is 0 Å². The van der Waals surface area contributed by atoms with E-state index in [2.05, 4.69) is 20.7 Å². The van der Waals surface area contributed by atoms with Gasteiger partial charge in [-0.15, -0.1) is 0 Å². The van der Waals surface area contributed by atoms with Crippen LogP contribution in [0.2, 0.25) is 0 Å². The molecule has 0 atom stereocenters. The Kier molecular flexibility index (Phi) is 4.78. The molecule has 118 valence electrons. The van der Waals surface area contributed by atoms with Crippen LogP contribution < -0.4 is 22.3 Å². The lowest BCUT2D eigenvalue weighted by Gasteiger charge is -2.24. The van der Waals surface area contributed by atoms with E-state index in [1.165, 1.54) is 0 Å². The fourth-order valence-electron chi connectivity index (χ4n) is 1.56. The summed E-state index contributed by atoms with van der Waals surface area (Å²) in [5.41, 5.74) is 7.88. The normalized spacial score (nSPS) is 12.1. The van der Waals surface area contributed by atoms with Gasteiger partial charge in [0.1, 0.15) is 17.5 Å². The number of hydrazine groups is 1. The molecule has 1 amide bonds. The maximum absolute atomic E-state index is 11.4. The lowest BCUT2D eigenvalue weighted by Crippen LogP contribution is -2.37. The summed E-state index contributed by atoms with van der Waals surface area (Å²) in [5.74, 6) is 7.04. The number of nitrogens with zero attached hydrogens (tertiary/aromatic N) is 2. The Morgan fingerprint density at radius 2 is 1.67 bits per heavy atom. The Morgan fingerprint density at radius 3 is 2.10 bits per heavy atom. The van der Waals surface area contributed by atoms with Gasteiger partial charge in [0.15, 0.2) is 0 Å². The number of anilines is 2. The molecule has 0 aliphatic rings. The number of carbonyl (C=O) groups excluding carboxylic acids is 1. The second-order valence-corrected chi connectivity index (χ2v) is 6.87. The molecule has 6 N–H and O–H groups in total. The maximum Gasteiger partial charge on any atom is 0.224 e. The van der Waals surface area contributed by atoms with Crippen LogP contribution in [-0.4, -0.2) is 22.4 Å². The van der Waals surface area contributed by atoms with E-state index in [4.69, 9.17) is 11.6 Å². The number of rotatable bonds is 5. The standard InChI is InChI=1S/C14H26N6O/c1-8-9(17-7-14(5,6)11(15)21)18-12(13(2,3)4)19-10(8)20-16/h7,16H2,1-6H3,(H2,15,21)(H2,17,18,19,20). The van der Waals surface area contributed by atoms with Gasteiger partial charge in [-0.25, -0.2) is 15.8 Å². The highest BCUT2D eigenvalue weighted by Gasteiger charge is 2.26. The molecule has 1 aromatic rings. The minimum absolute atomic E-state index is 0.213. The van der Waals surface area contributed by atoms with Crippen LogP contribution in [-0.2, 0) is 10.2 Å². The molecule has 21 heavy (non-hydrogen) atoms. The molecule has 1 aromatic heterocycles. The van der Waals surface area contributed by atoms with Crippen molar-refractivity contribution in [1.82, 2.24) is 9.97 Å². The lowest BCUT2D eigenvalue weighted by atomic mass is 9.92. The maximum atomic E-state index is 11.4. The minimum Gasteiger partial charge on any atom is -0.369 e. The van der Waals surface area contributed by atoms with Crippen LogP contribution in [0.5, 0.6) is 0 Å². The smallest absolute Gasteiger partial charge is 0.224 e. The summed E-state index contributed by atoms with van der Waals surface area (Å²) in [7, 11) is 0. The molecule has 7 heteroatoms. The van der Waals surface area contributed by atoms with E-state index in [-0.39, 0.29) is 11.3 Å². The van der Waals surface area contributed by atoms with Crippen LogP contribution in [0.4, 0.5) is 11.6 Å². The third kappa shape index (κ3) is 4.04. The molecule has 0 saturated carbocycles. The van der Waals surface area contributed by atoms with Crippen LogP contribution >= 0.6 is 0 Å². The summed E-state index contributed by atoms with van der Waals surface area (Å²) >= 11 is 0. The Labute approximate surface area is 125 Å². The average molecular weight is 294 g/mol. The van der Waals surface area contributed by atoms with E-state index in [0.717, 1.165) is 5.56 Å². The number of carbonyl (C=O) groups is 1. The van der Waals surface area contributed by atoms with Gasteiger partial charge in [0.25, 0.3) is 0 Å². The Hall–Kier alpha value is -1.89. The topological polar surface area (TPSA) is 119 Å². The van der Waals surface area contributed by atoms with Gasteiger partial charge < -0.3 is 16.5 Å². The third-order valence-corrected chi connectivity index (χ3v) is 3.32. The molecule has 0 aliphatic carbocycles. The van der Waals surface area contributed by atoms with Crippen molar-refractivity contribution in [3.05, 3.63) is 11.4 Å². The summed E-state index contributed by atoms with van der Waals surface area (Å²) in [6, 6.07) is 0. The number of nitrogens with one attached hydrogen (secondary N) is 2. The third-order valence-electron chi connectivity index (χ3n) is 3.32. The molecular weight excluding hydrogens is 268 g/mol. The fraction of sp³-hybridized carbons (Fsp3) is 0.643. The molecule has 0 unspecified atom stereocenters. The van der Waals surface area contributed by atoms with E-state index in [1.807, 2.05) is 27.7 Å². The molecule has 0 aliphatic heterocycles. The number of hydrogen-bond acceptors (Lipinski definition) is 6. The molecular formula is C14H26N6O. The highest BCUT2D eigenvalue weighted by Crippen LogP contribution is 2.26. The molecule has 0 saturated heterocycles. The first-order valence-corrected chi connectivity index (χ1v) is 6.88. The van der Waals surface area contributed by atoms with E-state index < -0.39 is 5.41 Å². The highest BCUT2D eigenvalue weighted by atomic mass is 16.1. The molecule has 7 nitrogen and oxygen atoms in total. The zero-order valence-corrected chi connectivity index (χ0v) is 13.7. The average Bonchev–Trinajstić information content (AvgIpc) is 2.36. The number of primary amides is 1. The van der Waals surface area contributed by atoms with Crippen molar-refractivity contribution in [3.8, 4) is 0 Å². The summed E-state index contributed by atoms with van der Waals surface area (Å²) < 4.78 is 0. The van der Waals surface area contributed by atoms with Gasteiger partial charge in [-0.2, -0.15) is 0 Å². The Bertz CT molecular complexity index is 533. The van der Waals surface area contributed by atoms with Crippen molar-refractivity contribution in [2.75, 3.05) is 17.3 Å². The number of aromatic nitrogens is 2. The van der Waals surface area contributed by atoms with E-state index >= 15 is 0 Å². The summed E-state index contributed by atoms with van der Waals surface area (Å²) in [4.78, 5) is 20.4. The van der Waals surface area contributed by atoms with Crippen molar-refractivity contribution >= 4 is 17.5 Å². The molecule has 1 heterocycles. The summed E-state index contributed by atoms with van der Waals surface area (Å²) in [6.07, 6.45) is 0. The van der Waals surface area contributed by atoms with Crippen molar-refractivity contribution in [3.63, 3.8) is 0 Å². The van der Waals surface area contributed by atoms with Gasteiger partial charge in [-0.05, 0) is 20.8 Å². The molecule has 0 spiro atoms. The van der Waals surface area contributed by atoms with E-state index in [0.29, 0.717) is 24.0 Å². The van der Waals surface area contributed by atoms with Gasteiger partial charge in [0, 0.05) is 17.5 Å². The quantitative estimate of drug-likeness (QED) is 0.480. The highest BCUT2D eigenvalue weighted by molar-refractivity contribution is 5.80. The second kappa shape index (κ2) is 5.85. The number of nitrogen functional groups attached to an aromatic ring is 1. The zero-order chi connectivity index (χ0) is 16.4. The Morgan fingerprint density at radius 1 is 1.14 bits per heavy atom. The van der Waals surface area contributed by atoms with Crippen LogP contribution in [0, 0.1) is 12.3 Å². The van der Waals surface area contributed by atoms with Gasteiger partial charge in [-0.1, -0.05) is 20.8 Å². The van der Waals surface area contributed by atoms with Crippen molar-refractivity contribution in [2.24, 2.45) is 17.0 Å². The second-order valence-electron chi connectivity index (χ2n) is 6.87. The van der Waals surface area contributed by atoms with Gasteiger partial charge in [0.2, 0.25) is 5.91 Å². The first-order valence-electron chi connectivity index (χ1n) is 6.88. The van der Waals surface area contributed by atoms with Crippen molar-refractivity contribution in [1.29, 1.82) is 0 Å².